The van der Waals surface area contributed by atoms with E-state index in [1.54, 1.807) is 4.90 Å². The maximum absolute atomic E-state index is 13.5. The van der Waals surface area contributed by atoms with Crippen LogP contribution in [0.4, 0.5) is 16.2 Å². The lowest BCUT2D eigenvalue weighted by Crippen LogP contribution is -2.52. The van der Waals surface area contributed by atoms with Crippen molar-refractivity contribution < 1.29 is 24.2 Å². The van der Waals surface area contributed by atoms with Gasteiger partial charge in [-0.25, -0.2) is 4.79 Å². The Morgan fingerprint density at radius 2 is 1.74 bits per heavy atom. The predicted octanol–water partition coefficient (Wildman–Crippen LogP) is 4.38. The fourth-order valence-corrected chi connectivity index (χ4v) is 5.08. The minimum Gasteiger partial charge on any atom is -0.469 e. The van der Waals surface area contributed by atoms with Crippen molar-refractivity contribution in [2.45, 2.75) is 44.2 Å². The number of rotatable bonds is 5. The van der Waals surface area contributed by atoms with Gasteiger partial charge < -0.3 is 14.7 Å². The van der Waals surface area contributed by atoms with Crippen LogP contribution in [0.2, 0.25) is 0 Å². The second kappa shape index (κ2) is 8.79. The molecule has 2 aliphatic rings. The van der Waals surface area contributed by atoms with E-state index in [4.69, 9.17) is 4.74 Å². The van der Waals surface area contributed by atoms with Gasteiger partial charge in [-0.2, -0.15) is 0 Å². The molecule has 3 atom stereocenters. The van der Waals surface area contributed by atoms with Crippen molar-refractivity contribution in [3.05, 3.63) is 60.2 Å². The summed E-state index contributed by atoms with van der Waals surface area (Å²) >= 11 is 0. The SMILES string of the molecule is COC(=O)CCC(=O)N(c1ccccc1)C1c2ccccc2N(C(=O)O)C2CCCC21. The molecule has 4 rings (SSSR count). The van der Waals surface area contributed by atoms with Crippen LogP contribution in [0.5, 0.6) is 0 Å². The molecule has 1 fully saturated rings. The molecule has 1 aliphatic heterocycles. The van der Waals surface area contributed by atoms with E-state index < -0.39 is 12.1 Å². The highest BCUT2D eigenvalue weighted by Crippen LogP contribution is 2.51. The molecule has 0 spiro atoms. The van der Waals surface area contributed by atoms with Gasteiger partial charge in [-0.3, -0.25) is 14.5 Å². The molecule has 0 aromatic heterocycles. The Hall–Kier alpha value is -3.35. The summed E-state index contributed by atoms with van der Waals surface area (Å²) in [7, 11) is 1.31. The van der Waals surface area contributed by atoms with Gasteiger partial charge in [-0.15, -0.1) is 0 Å². The van der Waals surface area contributed by atoms with Crippen molar-refractivity contribution in [1.29, 1.82) is 0 Å². The van der Waals surface area contributed by atoms with E-state index in [1.165, 1.54) is 12.0 Å². The maximum atomic E-state index is 13.5. The fourth-order valence-electron chi connectivity index (χ4n) is 5.08. The zero-order chi connectivity index (χ0) is 22.0. The topological polar surface area (TPSA) is 87.2 Å². The first-order valence-electron chi connectivity index (χ1n) is 10.6. The summed E-state index contributed by atoms with van der Waals surface area (Å²) in [6.07, 6.45) is 1.57. The summed E-state index contributed by atoms with van der Waals surface area (Å²) in [5, 5.41) is 9.95. The third kappa shape index (κ3) is 3.87. The normalized spacial score (nSPS) is 21.7. The number of carbonyl (C=O) groups excluding carboxylic acids is 2. The van der Waals surface area contributed by atoms with E-state index in [0.717, 1.165) is 30.5 Å². The third-order valence-electron chi connectivity index (χ3n) is 6.34. The molecule has 0 bridgehead atoms. The summed E-state index contributed by atoms with van der Waals surface area (Å²) in [6, 6.07) is 16.3. The number of carbonyl (C=O) groups is 3. The van der Waals surface area contributed by atoms with Gasteiger partial charge in [0.25, 0.3) is 0 Å². The summed E-state index contributed by atoms with van der Waals surface area (Å²) in [4.78, 5) is 40.5. The molecule has 7 heteroatoms. The second-order valence-electron chi connectivity index (χ2n) is 7.99. The van der Waals surface area contributed by atoms with Crippen molar-refractivity contribution in [1.82, 2.24) is 0 Å². The molecule has 1 aliphatic carbocycles. The number of benzene rings is 2. The first kappa shape index (κ1) is 20.9. The number of hydrogen-bond acceptors (Lipinski definition) is 4. The molecule has 1 heterocycles. The molecule has 2 aromatic carbocycles. The highest BCUT2D eigenvalue weighted by molar-refractivity contribution is 5.97. The Kier molecular flexibility index (Phi) is 5.93. The number of anilines is 2. The molecule has 0 saturated heterocycles. The molecule has 7 nitrogen and oxygen atoms in total. The van der Waals surface area contributed by atoms with E-state index in [0.29, 0.717) is 5.69 Å². The monoisotopic (exact) mass is 422 g/mol. The van der Waals surface area contributed by atoms with Crippen molar-refractivity contribution in [3.8, 4) is 0 Å². The minimum atomic E-state index is -0.967. The number of methoxy groups -OCH3 is 1. The van der Waals surface area contributed by atoms with Gasteiger partial charge in [0, 0.05) is 24.1 Å². The molecule has 162 valence electrons. The Morgan fingerprint density at radius 1 is 1.03 bits per heavy atom. The lowest BCUT2D eigenvalue weighted by atomic mass is 9.81. The van der Waals surface area contributed by atoms with Crippen LogP contribution in [-0.2, 0) is 14.3 Å². The summed E-state index contributed by atoms with van der Waals surface area (Å²) in [5.41, 5.74) is 2.19. The Balaban J connectivity index is 1.81. The molecule has 0 radical (unpaired) electrons. The van der Waals surface area contributed by atoms with Gasteiger partial charge in [0.15, 0.2) is 0 Å². The van der Waals surface area contributed by atoms with E-state index in [2.05, 4.69) is 0 Å². The largest absolute Gasteiger partial charge is 0.469 e. The lowest BCUT2D eigenvalue weighted by molar-refractivity contribution is -0.142. The zero-order valence-electron chi connectivity index (χ0n) is 17.4. The number of esters is 1. The first-order chi connectivity index (χ1) is 15.0. The Labute approximate surface area is 181 Å². The van der Waals surface area contributed by atoms with E-state index in [1.807, 2.05) is 54.6 Å². The van der Waals surface area contributed by atoms with Crippen LogP contribution in [0.25, 0.3) is 0 Å². The summed E-state index contributed by atoms with van der Waals surface area (Å²) in [5.74, 6) is -0.625. The average molecular weight is 422 g/mol. The van der Waals surface area contributed by atoms with E-state index in [9.17, 15) is 19.5 Å². The molecule has 31 heavy (non-hydrogen) atoms. The molecule has 2 amide bonds. The van der Waals surface area contributed by atoms with Gasteiger partial charge in [0.2, 0.25) is 5.91 Å². The van der Waals surface area contributed by atoms with Gasteiger partial charge >= 0.3 is 12.1 Å². The number of fused-ring (bicyclic) bond motifs is 2. The number of hydrogen-bond donors (Lipinski definition) is 1. The van der Waals surface area contributed by atoms with Crippen LogP contribution in [0, 0.1) is 5.92 Å². The molecule has 1 saturated carbocycles. The standard InChI is InChI=1S/C24H26N2O5/c1-31-22(28)15-14-21(27)25(16-8-3-2-4-9-16)23-17-10-5-6-12-19(17)26(24(29)30)20-13-7-11-18(20)23/h2-6,8-10,12,18,20,23H,7,11,13-15H2,1H3,(H,29,30). The molecule has 3 unspecified atom stereocenters. The van der Waals surface area contributed by atoms with Gasteiger partial charge in [-0.05, 0) is 36.6 Å². The predicted molar refractivity (Wildman–Crippen MR) is 116 cm³/mol. The maximum Gasteiger partial charge on any atom is 0.412 e. The first-order valence-corrected chi connectivity index (χ1v) is 10.6. The van der Waals surface area contributed by atoms with Gasteiger partial charge in [0.05, 0.1) is 25.3 Å². The van der Waals surface area contributed by atoms with Crippen LogP contribution < -0.4 is 9.80 Å². The molecular formula is C24H26N2O5. The van der Waals surface area contributed by atoms with Crippen molar-refractivity contribution in [3.63, 3.8) is 0 Å². The smallest absolute Gasteiger partial charge is 0.412 e. The van der Waals surface area contributed by atoms with Crippen LogP contribution in [0.1, 0.15) is 43.7 Å². The Bertz CT molecular complexity index is 977. The third-order valence-corrected chi connectivity index (χ3v) is 6.34. The molecule has 1 N–H and O–H groups in total. The highest BCUT2D eigenvalue weighted by Gasteiger charge is 2.49. The van der Waals surface area contributed by atoms with Crippen LogP contribution >= 0.6 is 0 Å². The fraction of sp³-hybridized carbons (Fsp3) is 0.375. The highest BCUT2D eigenvalue weighted by atomic mass is 16.5. The van der Waals surface area contributed by atoms with Crippen LogP contribution in [-0.4, -0.2) is 36.2 Å². The number of carboxylic acid groups (broad SMARTS) is 1. The van der Waals surface area contributed by atoms with E-state index >= 15 is 0 Å². The van der Waals surface area contributed by atoms with Gasteiger partial charge in [-0.1, -0.05) is 42.8 Å². The second-order valence-corrected chi connectivity index (χ2v) is 7.99. The molecular weight excluding hydrogens is 396 g/mol. The van der Waals surface area contributed by atoms with Crippen molar-refractivity contribution >= 4 is 29.3 Å². The quantitative estimate of drug-likeness (QED) is 0.723. The van der Waals surface area contributed by atoms with Crippen molar-refractivity contribution in [2.75, 3.05) is 16.9 Å². The summed E-state index contributed by atoms with van der Waals surface area (Å²) < 4.78 is 4.72. The van der Waals surface area contributed by atoms with Crippen LogP contribution in [0.3, 0.4) is 0 Å². The lowest BCUT2D eigenvalue weighted by Gasteiger charge is -2.46. The Morgan fingerprint density at radius 3 is 2.45 bits per heavy atom. The zero-order valence-corrected chi connectivity index (χ0v) is 17.4. The number of nitrogens with zero attached hydrogens (tertiary/aromatic N) is 2. The van der Waals surface area contributed by atoms with Gasteiger partial charge in [0.1, 0.15) is 0 Å². The number of ether oxygens (including phenoxy) is 1. The number of para-hydroxylation sites is 2. The average Bonchev–Trinajstić information content (AvgIpc) is 3.26. The minimum absolute atomic E-state index is 0.00236. The van der Waals surface area contributed by atoms with E-state index in [-0.39, 0.29) is 36.8 Å². The molecule has 2 aromatic rings. The van der Waals surface area contributed by atoms with Crippen molar-refractivity contribution in [2.24, 2.45) is 5.92 Å². The number of amides is 2. The summed E-state index contributed by atoms with van der Waals surface area (Å²) in [6.45, 7) is 0. The van der Waals surface area contributed by atoms with Crippen LogP contribution in [0.15, 0.2) is 54.6 Å².